The van der Waals surface area contributed by atoms with Crippen molar-refractivity contribution in [3.05, 3.63) is 0 Å². The first-order chi connectivity index (χ1) is 52.8. The van der Waals surface area contributed by atoms with Gasteiger partial charge < -0.3 is 37.9 Å². The highest BCUT2D eigenvalue weighted by molar-refractivity contribution is 5.78. The molecule has 15 aliphatic carbocycles. The third kappa shape index (κ3) is 21.1. The number of hydrogen-bond donors (Lipinski definition) is 0. The Balaban J connectivity index is 0.000000158. The van der Waals surface area contributed by atoms with Crippen LogP contribution < -0.4 is 0 Å². The van der Waals surface area contributed by atoms with Crippen molar-refractivity contribution in [1.29, 1.82) is 0 Å². The van der Waals surface area contributed by atoms with Gasteiger partial charge in [0.05, 0.1) is 44.2 Å². The van der Waals surface area contributed by atoms with Crippen molar-refractivity contribution in [2.75, 3.05) is 0 Å². The molecule has 0 aromatic carbocycles. The number of carbonyl (C=O) groups is 6. The van der Waals surface area contributed by atoms with Crippen LogP contribution in [0, 0.1) is 132 Å². The minimum atomic E-state index is -0.418. The van der Waals surface area contributed by atoms with E-state index in [1.54, 1.807) is 0 Å². The second-order valence-electron chi connectivity index (χ2n) is 46.4. The molecule has 0 aromatic rings. The number of rotatable bonds is 23. The fourth-order valence-corrected chi connectivity index (χ4v) is 25.2. The van der Waals surface area contributed by atoms with Crippen LogP contribution in [0.15, 0.2) is 0 Å². The number of ether oxygens (including phenoxy) is 8. The standard InChI is InChI=1S/C21H36O2.C20H32O3.C18H30O3.C16H28O2.C13H24O2.C12H22O2/c1-8-18(3,4)17(22)23-20(7)11-12-21-13-16(20)19(5,6)15(21)10-9-14(21)2;1-5-20(3,4)19(21)23-11(2)22-16-10-14-9-15(16)18-13-7-6-12(8-13)17(14)18;1-5-17(3,4)16(19)20-12(2)21-18-9-13-6-14(10-18)8-15(7-13)11-18;1-6-15(2,3)14(17)18-16(4,5)13-10-11-7-8-12(13)9-11;1-5-12(2,3)11(14)15-13(4)9-7-6-8-10-13;1-5-11(2,3)10(13)14-12(4)8-6-7-9-12/h14-16H,8-13H2,1-7H3;11-18H,5-10H2,1-4H3;12-15H,5-11H2,1-4H3;11-13H,6-10H2,1-5H3;5-10H2,1-4H3;5-9H2,1-4H3. The molecule has 17 atom stereocenters. The van der Waals surface area contributed by atoms with Crippen LogP contribution in [0.5, 0.6) is 0 Å². The molecule has 12 bridgehead atoms. The first-order valence-electron chi connectivity index (χ1n) is 47.5. The van der Waals surface area contributed by atoms with Crippen LogP contribution in [0.3, 0.4) is 0 Å². The van der Waals surface area contributed by atoms with Crippen LogP contribution in [0.1, 0.15) is 419 Å². The zero-order valence-electron chi connectivity index (χ0n) is 78.4. The zero-order chi connectivity index (χ0) is 84.8. The first-order valence-corrected chi connectivity index (χ1v) is 47.5. The summed E-state index contributed by atoms with van der Waals surface area (Å²) < 4.78 is 47.2. The molecular formula is C100H172O14. The highest BCUT2D eigenvalue weighted by atomic mass is 16.7. The molecule has 114 heavy (non-hydrogen) atoms. The van der Waals surface area contributed by atoms with Crippen LogP contribution >= 0.6 is 0 Å². The van der Waals surface area contributed by atoms with E-state index in [1.165, 1.54) is 154 Å². The van der Waals surface area contributed by atoms with Crippen molar-refractivity contribution in [2.45, 2.75) is 465 Å². The maximum Gasteiger partial charge on any atom is 0.313 e. The SMILES string of the molecule is CCC(C)(C)C(=O)OC(C)(C)C1CC2CCC1C2.CCC(C)(C)C(=O)OC(C)OC12CC3CC(CC(C3)C1)C2.CCC(C)(C)C(=O)OC(C)OC1CC2CC1C1C3CCC(C3)C21.CCC(C)(C)C(=O)OC1(C)CCC23CC1C(C)(C)C2CCC3C.CCC(C)(C)C(=O)OC1(C)CCCC1.CCC(C)(C)C(=O)OC1(C)CCCCC1. The van der Waals surface area contributed by atoms with Gasteiger partial charge >= 0.3 is 35.8 Å². The van der Waals surface area contributed by atoms with Crippen molar-refractivity contribution >= 4 is 35.8 Å². The fraction of sp³-hybridized carbons (Fsp3) is 0.940. The molecule has 14 nitrogen and oxygen atoms in total. The molecule has 0 radical (unpaired) electrons. The lowest BCUT2D eigenvalue weighted by Crippen LogP contribution is -2.53. The van der Waals surface area contributed by atoms with E-state index < -0.39 is 23.4 Å². The first kappa shape index (κ1) is 94.6. The molecule has 14 heteroatoms. The summed E-state index contributed by atoms with van der Waals surface area (Å²) in [6, 6.07) is 0. The Hall–Kier alpha value is -3.26. The molecule has 15 saturated carbocycles. The summed E-state index contributed by atoms with van der Waals surface area (Å²) in [7, 11) is 0. The van der Waals surface area contributed by atoms with Crippen molar-refractivity contribution in [3.8, 4) is 0 Å². The maximum absolute atomic E-state index is 12.7. The molecule has 0 aliphatic heterocycles. The Kier molecular flexibility index (Phi) is 29.9. The van der Waals surface area contributed by atoms with Gasteiger partial charge in [-0.1, -0.05) is 75.2 Å². The Morgan fingerprint density at radius 3 is 1.27 bits per heavy atom. The zero-order valence-corrected chi connectivity index (χ0v) is 78.4. The topological polar surface area (TPSA) is 176 Å². The molecule has 0 saturated heterocycles. The van der Waals surface area contributed by atoms with Gasteiger partial charge in [0.2, 0.25) is 6.29 Å². The second kappa shape index (κ2) is 36.0. The van der Waals surface area contributed by atoms with Gasteiger partial charge in [-0.05, 0) is 431 Å². The third-order valence-electron chi connectivity index (χ3n) is 34.9. The van der Waals surface area contributed by atoms with E-state index in [0.29, 0.717) is 23.4 Å². The van der Waals surface area contributed by atoms with E-state index in [4.69, 9.17) is 37.9 Å². The predicted octanol–water partition coefficient (Wildman–Crippen LogP) is 25.5. The largest absolute Gasteiger partial charge is 0.459 e. The van der Waals surface area contributed by atoms with Gasteiger partial charge in [0.1, 0.15) is 22.4 Å². The van der Waals surface area contributed by atoms with Gasteiger partial charge in [0, 0.05) is 11.8 Å². The van der Waals surface area contributed by atoms with Crippen molar-refractivity contribution in [1.82, 2.24) is 0 Å². The smallest absolute Gasteiger partial charge is 0.313 e. The van der Waals surface area contributed by atoms with E-state index in [9.17, 15) is 28.8 Å². The van der Waals surface area contributed by atoms with Gasteiger partial charge in [-0.15, -0.1) is 0 Å². The van der Waals surface area contributed by atoms with E-state index in [-0.39, 0.29) is 90.9 Å². The summed E-state index contributed by atoms with van der Waals surface area (Å²) in [6.45, 7) is 57.5. The molecule has 17 unspecified atom stereocenters. The second-order valence-corrected chi connectivity index (χ2v) is 46.4. The van der Waals surface area contributed by atoms with E-state index in [2.05, 4.69) is 62.3 Å². The molecule has 656 valence electrons. The van der Waals surface area contributed by atoms with Gasteiger partial charge in [-0.25, -0.2) is 0 Å². The molecular weight excluding hydrogens is 1430 g/mol. The average molecular weight is 1600 g/mol. The predicted molar refractivity (Wildman–Crippen MR) is 456 cm³/mol. The summed E-state index contributed by atoms with van der Waals surface area (Å²) in [5.41, 5.74) is -2.33. The Morgan fingerprint density at radius 1 is 0.386 bits per heavy atom. The van der Waals surface area contributed by atoms with Crippen molar-refractivity contribution in [3.63, 3.8) is 0 Å². The highest BCUT2D eigenvalue weighted by Gasteiger charge is 2.70. The van der Waals surface area contributed by atoms with Crippen LogP contribution in [0.25, 0.3) is 0 Å². The summed E-state index contributed by atoms with van der Waals surface area (Å²) in [5, 5.41) is 0. The van der Waals surface area contributed by atoms with Gasteiger partial charge in [0.15, 0.2) is 6.29 Å². The minimum absolute atomic E-state index is 0.000595. The quantitative estimate of drug-likeness (QED) is 0.0409. The molecule has 0 N–H and O–H groups in total. The third-order valence-corrected chi connectivity index (χ3v) is 34.9. The average Bonchev–Trinajstić information content (AvgIpc) is 1.53. The van der Waals surface area contributed by atoms with E-state index in [0.717, 1.165) is 148 Å². The number of hydrogen-bond acceptors (Lipinski definition) is 14. The van der Waals surface area contributed by atoms with Crippen LogP contribution in [0.4, 0.5) is 0 Å². The van der Waals surface area contributed by atoms with Gasteiger partial charge in [0.25, 0.3) is 0 Å². The van der Waals surface area contributed by atoms with Gasteiger partial charge in [-0.3, -0.25) is 28.8 Å². The molecule has 0 amide bonds. The lowest BCUT2D eigenvalue weighted by atomic mass is 9.54. The van der Waals surface area contributed by atoms with Crippen molar-refractivity contribution < 1.29 is 66.7 Å². The number of carbonyl (C=O) groups excluding carboxylic acids is 6. The van der Waals surface area contributed by atoms with Crippen LogP contribution in [0.2, 0.25) is 0 Å². The molecule has 1 spiro atoms. The summed E-state index contributed by atoms with van der Waals surface area (Å²) >= 11 is 0. The monoisotopic (exact) mass is 1600 g/mol. The van der Waals surface area contributed by atoms with E-state index >= 15 is 0 Å². The lowest BCUT2D eigenvalue weighted by molar-refractivity contribution is -0.248. The Bertz CT molecular complexity index is 3210. The van der Waals surface area contributed by atoms with Crippen LogP contribution in [-0.4, -0.2) is 82.5 Å². The Morgan fingerprint density at radius 2 is 0.816 bits per heavy atom. The Labute approximate surface area is 696 Å². The molecule has 0 heterocycles. The van der Waals surface area contributed by atoms with E-state index in [1.807, 2.05) is 132 Å². The molecule has 0 aromatic heterocycles. The number of esters is 6. The summed E-state index contributed by atoms with van der Waals surface area (Å²) in [4.78, 5) is 73.2. The minimum Gasteiger partial charge on any atom is -0.459 e. The molecule has 15 rings (SSSR count). The molecule has 15 fully saturated rings. The van der Waals surface area contributed by atoms with Crippen molar-refractivity contribution in [2.24, 2.45) is 132 Å². The summed E-state index contributed by atoms with van der Waals surface area (Å²) in [5.74, 6) is 12.2. The van der Waals surface area contributed by atoms with Crippen LogP contribution in [-0.2, 0) is 66.7 Å². The normalized spacial score (nSPS) is 35.8. The fourth-order valence-electron chi connectivity index (χ4n) is 25.2. The lowest BCUT2D eigenvalue weighted by Gasteiger charge is -2.56. The van der Waals surface area contributed by atoms with Gasteiger partial charge in [-0.2, -0.15) is 0 Å². The molecule has 15 aliphatic rings. The maximum atomic E-state index is 12.7. The number of fused-ring (bicyclic) bond motifs is 12. The highest BCUT2D eigenvalue weighted by Crippen LogP contribution is 2.74. The summed E-state index contributed by atoms with van der Waals surface area (Å²) in [6.07, 6.45) is 41.0.